The Bertz CT molecular complexity index is 558. The number of nitrogens with one attached hydrogen (secondary N) is 1. The number of rotatable bonds is 3. The molecule has 2 rings (SSSR count). The van der Waals surface area contributed by atoms with Gasteiger partial charge in [-0.25, -0.2) is 4.98 Å². The number of hydrogen-bond donors (Lipinski definition) is 1. The lowest BCUT2D eigenvalue weighted by molar-refractivity contribution is 0.469. The SMILES string of the molecule is CCC(c1nccs1)n1c(C(C)(C)C)c[nH]c1=S. The van der Waals surface area contributed by atoms with Crippen LogP contribution in [-0.2, 0) is 5.41 Å². The van der Waals surface area contributed by atoms with Crippen LogP contribution in [0.15, 0.2) is 17.8 Å². The maximum atomic E-state index is 5.44. The highest BCUT2D eigenvalue weighted by atomic mass is 32.1. The number of hydrogen-bond acceptors (Lipinski definition) is 3. The second kappa shape index (κ2) is 4.97. The van der Waals surface area contributed by atoms with Crippen LogP contribution in [0.4, 0.5) is 0 Å². The van der Waals surface area contributed by atoms with E-state index in [0.717, 1.165) is 16.2 Å². The minimum absolute atomic E-state index is 0.0677. The topological polar surface area (TPSA) is 33.6 Å². The van der Waals surface area contributed by atoms with E-state index in [1.165, 1.54) is 5.69 Å². The molecule has 98 valence electrons. The van der Waals surface area contributed by atoms with Crippen molar-refractivity contribution in [1.29, 1.82) is 0 Å². The Morgan fingerprint density at radius 1 is 1.50 bits per heavy atom. The highest BCUT2D eigenvalue weighted by Gasteiger charge is 2.25. The maximum Gasteiger partial charge on any atom is 0.178 e. The van der Waals surface area contributed by atoms with Crippen LogP contribution in [0.2, 0.25) is 0 Å². The number of aromatic amines is 1. The number of thiazole rings is 1. The van der Waals surface area contributed by atoms with Gasteiger partial charge in [0.05, 0.1) is 6.04 Å². The fourth-order valence-electron chi connectivity index (χ4n) is 2.13. The summed E-state index contributed by atoms with van der Waals surface area (Å²) in [5, 5.41) is 3.14. The molecule has 5 heteroatoms. The summed E-state index contributed by atoms with van der Waals surface area (Å²) in [6.45, 7) is 8.79. The van der Waals surface area contributed by atoms with E-state index in [1.54, 1.807) is 11.3 Å². The summed E-state index contributed by atoms with van der Waals surface area (Å²) in [7, 11) is 0. The minimum Gasteiger partial charge on any atom is -0.337 e. The summed E-state index contributed by atoms with van der Waals surface area (Å²) in [5.74, 6) is 0. The second-order valence-electron chi connectivity index (χ2n) is 5.39. The van der Waals surface area contributed by atoms with E-state index in [0.29, 0.717) is 0 Å². The Labute approximate surface area is 117 Å². The Balaban J connectivity index is 2.56. The second-order valence-corrected chi connectivity index (χ2v) is 6.71. The van der Waals surface area contributed by atoms with Gasteiger partial charge in [0.1, 0.15) is 5.01 Å². The largest absolute Gasteiger partial charge is 0.337 e. The van der Waals surface area contributed by atoms with Crippen LogP contribution in [0.5, 0.6) is 0 Å². The lowest BCUT2D eigenvalue weighted by atomic mass is 9.92. The van der Waals surface area contributed by atoms with E-state index in [9.17, 15) is 0 Å². The molecule has 1 N–H and O–H groups in total. The standard InChI is InChI=1S/C13H19N3S2/c1-5-9(11-14-6-7-18-11)16-10(13(2,3)4)8-15-12(16)17/h6-9H,5H2,1-4H3,(H,15,17). The molecule has 2 aromatic heterocycles. The third kappa shape index (κ3) is 2.42. The molecular weight excluding hydrogens is 262 g/mol. The Kier molecular flexibility index (Phi) is 3.73. The maximum absolute atomic E-state index is 5.44. The van der Waals surface area contributed by atoms with Gasteiger partial charge in [-0.2, -0.15) is 0 Å². The van der Waals surface area contributed by atoms with Crippen molar-refractivity contribution < 1.29 is 0 Å². The van der Waals surface area contributed by atoms with Crippen molar-refractivity contribution in [1.82, 2.24) is 14.5 Å². The average molecular weight is 281 g/mol. The molecule has 0 aromatic carbocycles. The molecule has 18 heavy (non-hydrogen) atoms. The average Bonchev–Trinajstić information content (AvgIpc) is 2.90. The first-order valence-corrected chi connectivity index (χ1v) is 7.43. The van der Waals surface area contributed by atoms with Gasteiger partial charge in [-0.1, -0.05) is 27.7 Å². The summed E-state index contributed by atoms with van der Waals surface area (Å²) in [5.41, 5.74) is 1.30. The van der Waals surface area contributed by atoms with Crippen molar-refractivity contribution in [3.63, 3.8) is 0 Å². The van der Waals surface area contributed by atoms with Crippen LogP contribution in [-0.4, -0.2) is 14.5 Å². The molecule has 0 saturated carbocycles. The van der Waals surface area contributed by atoms with Crippen LogP contribution in [0.3, 0.4) is 0 Å². The monoisotopic (exact) mass is 281 g/mol. The lowest BCUT2D eigenvalue weighted by Gasteiger charge is -2.25. The summed E-state index contributed by atoms with van der Waals surface area (Å²) in [6, 6.07) is 0.234. The van der Waals surface area contributed by atoms with Gasteiger partial charge >= 0.3 is 0 Å². The molecular formula is C13H19N3S2. The van der Waals surface area contributed by atoms with Gasteiger partial charge in [0.2, 0.25) is 0 Å². The van der Waals surface area contributed by atoms with Gasteiger partial charge in [0.25, 0.3) is 0 Å². The molecule has 0 aliphatic rings. The molecule has 0 amide bonds. The van der Waals surface area contributed by atoms with Crippen molar-refractivity contribution in [2.45, 2.75) is 45.6 Å². The van der Waals surface area contributed by atoms with Crippen molar-refractivity contribution in [3.05, 3.63) is 33.2 Å². The number of H-pyrrole nitrogens is 1. The molecule has 0 bridgehead atoms. The fourth-order valence-corrected chi connectivity index (χ4v) is 3.23. The Morgan fingerprint density at radius 3 is 2.72 bits per heavy atom. The van der Waals surface area contributed by atoms with Crippen molar-refractivity contribution in [2.24, 2.45) is 0 Å². The van der Waals surface area contributed by atoms with Crippen LogP contribution in [0, 0.1) is 4.77 Å². The molecule has 0 saturated heterocycles. The minimum atomic E-state index is 0.0677. The van der Waals surface area contributed by atoms with Crippen molar-refractivity contribution in [2.75, 3.05) is 0 Å². The van der Waals surface area contributed by atoms with Crippen LogP contribution < -0.4 is 0 Å². The van der Waals surface area contributed by atoms with E-state index in [-0.39, 0.29) is 11.5 Å². The van der Waals surface area contributed by atoms with Crippen molar-refractivity contribution in [3.8, 4) is 0 Å². The van der Waals surface area contributed by atoms with E-state index in [4.69, 9.17) is 12.2 Å². The van der Waals surface area contributed by atoms with E-state index in [2.05, 4.69) is 42.2 Å². The third-order valence-electron chi connectivity index (χ3n) is 3.01. The van der Waals surface area contributed by atoms with Gasteiger partial charge in [-0.15, -0.1) is 11.3 Å². The highest BCUT2D eigenvalue weighted by molar-refractivity contribution is 7.71. The smallest absolute Gasteiger partial charge is 0.178 e. The molecule has 2 aromatic rings. The first-order chi connectivity index (χ1) is 8.45. The number of aromatic nitrogens is 3. The van der Waals surface area contributed by atoms with Crippen molar-refractivity contribution >= 4 is 23.6 Å². The quantitative estimate of drug-likeness (QED) is 0.851. The first-order valence-electron chi connectivity index (χ1n) is 6.15. The van der Waals surface area contributed by atoms with Crippen LogP contribution in [0.1, 0.15) is 50.9 Å². The molecule has 2 heterocycles. The zero-order valence-electron chi connectivity index (χ0n) is 11.2. The number of imidazole rings is 1. The van der Waals surface area contributed by atoms with Gasteiger partial charge in [-0.3, -0.25) is 0 Å². The molecule has 0 aliphatic heterocycles. The molecule has 1 atom stereocenters. The van der Waals surface area contributed by atoms with E-state index >= 15 is 0 Å². The molecule has 1 unspecified atom stereocenters. The highest BCUT2D eigenvalue weighted by Crippen LogP contribution is 2.31. The Morgan fingerprint density at radius 2 is 2.22 bits per heavy atom. The summed E-state index contributed by atoms with van der Waals surface area (Å²) in [6.07, 6.45) is 4.87. The zero-order chi connectivity index (χ0) is 13.3. The first kappa shape index (κ1) is 13.5. The molecule has 3 nitrogen and oxygen atoms in total. The molecule has 0 aliphatic carbocycles. The molecule has 0 spiro atoms. The van der Waals surface area contributed by atoms with E-state index < -0.39 is 0 Å². The zero-order valence-corrected chi connectivity index (χ0v) is 12.9. The Hall–Kier alpha value is -0.940. The summed E-state index contributed by atoms with van der Waals surface area (Å²) in [4.78, 5) is 7.62. The fraction of sp³-hybridized carbons (Fsp3) is 0.538. The predicted molar refractivity (Wildman–Crippen MR) is 78.9 cm³/mol. The van der Waals surface area contributed by atoms with Gasteiger partial charge < -0.3 is 9.55 Å². The summed E-state index contributed by atoms with van der Waals surface area (Å²) >= 11 is 7.13. The lowest BCUT2D eigenvalue weighted by Crippen LogP contribution is -2.21. The van der Waals surface area contributed by atoms with Gasteiger partial charge in [0, 0.05) is 28.9 Å². The van der Waals surface area contributed by atoms with E-state index in [1.807, 2.05) is 17.8 Å². The normalized spacial score (nSPS) is 13.8. The molecule has 0 radical (unpaired) electrons. The van der Waals surface area contributed by atoms with Gasteiger partial charge in [0.15, 0.2) is 4.77 Å². The molecule has 0 fully saturated rings. The van der Waals surface area contributed by atoms with Crippen LogP contribution in [0.25, 0.3) is 0 Å². The van der Waals surface area contributed by atoms with Gasteiger partial charge in [-0.05, 0) is 18.6 Å². The predicted octanol–water partition coefficient (Wildman–Crippen LogP) is 4.30. The third-order valence-corrected chi connectivity index (χ3v) is 4.21. The van der Waals surface area contributed by atoms with Crippen LogP contribution >= 0.6 is 23.6 Å². The summed E-state index contributed by atoms with van der Waals surface area (Å²) < 4.78 is 3.00. The number of nitrogens with zero attached hydrogens (tertiary/aromatic N) is 2.